The highest BCUT2D eigenvalue weighted by Crippen LogP contribution is 2.31. The Hall–Kier alpha value is -0.900. The molecule has 2 aromatic rings. The van der Waals surface area contributed by atoms with Crippen molar-refractivity contribution in [1.29, 1.82) is 0 Å². The maximum Gasteiger partial charge on any atom is 0.123 e. The van der Waals surface area contributed by atoms with Crippen molar-refractivity contribution in [2.45, 2.75) is 26.3 Å². The minimum atomic E-state index is -0.185. The minimum absolute atomic E-state index is 0.182. The summed E-state index contributed by atoms with van der Waals surface area (Å²) in [7, 11) is 0. The molecule has 0 aliphatic carbocycles. The van der Waals surface area contributed by atoms with Gasteiger partial charge in [-0.15, -0.1) is 11.3 Å². The molecule has 0 bridgehead atoms. The molecular weight excluding hydrogens is 281 g/mol. The van der Waals surface area contributed by atoms with Crippen LogP contribution in [-0.2, 0) is 6.42 Å². The van der Waals surface area contributed by atoms with Gasteiger partial charge < -0.3 is 5.32 Å². The Kier molecular flexibility index (Phi) is 4.97. The van der Waals surface area contributed by atoms with Gasteiger partial charge in [-0.2, -0.15) is 0 Å². The van der Waals surface area contributed by atoms with Crippen LogP contribution in [0.25, 0.3) is 0 Å². The molecule has 0 fully saturated rings. The van der Waals surface area contributed by atoms with Gasteiger partial charge >= 0.3 is 0 Å². The van der Waals surface area contributed by atoms with Gasteiger partial charge in [-0.05, 0) is 54.6 Å². The lowest BCUT2D eigenvalue weighted by Crippen LogP contribution is -2.22. The van der Waals surface area contributed by atoms with Crippen molar-refractivity contribution in [2.24, 2.45) is 0 Å². The Balaban J connectivity index is 2.24. The average molecular weight is 298 g/mol. The van der Waals surface area contributed by atoms with Crippen LogP contribution in [0.3, 0.4) is 0 Å². The molecule has 102 valence electrons. The summed E-state index contributed by atoms with van der Waals surface area (Å²) in [5.74, 6) is -0.185. The van der Waals surface area contributed by atoms with E-state index in [0.29, 0.717) is 0 Å². The fourth-order valence-corrected chi connectivity index (χ4v) is 3.43. The van der Waals surface area contributed by atoms with E-state index in [9.17, 15) is 4.39 Å². The SMILES string of the molecule is CCNC(Cc1ccc(F)cc1C)c1sccc1Cl. The van der Waals surface area contributed by atoms with Crippen molar-refractivity contribution in [2.75, 3.05) is 6.54 Å². The topological polar surface area (TPSA) is 12.0 Å². The van der Waals surface area contributed by atoms with Gasteiger partial charge in [-0.3, -0.25) is 0 Å². The molecule has 0 radical (unpaired) electrons. The Labute approximate surface area is 122 Å². The van der Waals surface area contributed by atoms with Gasteiger partial charge in [0.15, 0.2) is 0 Å². The van der Waals surface area contributed by atoms with Crippen molar-refractivity contribution in [1.82, 2.24) is 5.32 Å². The standard InChI is InChI=1S/C15H17ClFNS/c1-3-18-14(15-13(16)6-7-19-15)9-11-4-5-12(17)8-10(11)2/h4-8,14,18H,3,9H2,1-2H3. The Bertz CT molecular complexity index is 553. The summed E-state index contributed by atoms with van der Waals surface area (Å²) in [4.78, 5) is 1.15. The molecular formula is C15H17ClFNS. The highest BCUT2D eigenvalue weighted by Gasteiger charge is 2.16. The van der Waals surface area contributed by atoms with E-state index in [0.717, 1.165) is 34.0 Å². The molecule has 1 atom stereocenters. The van der Waals surface area contributed by atoms with Crippen molar-refractivity contribution < 1.29 is 4.39 Å². The molecule has 0 amide bonds. The van der Waals surface area contributed by atoms with Crippen LogP contribution in [0.15, 0.2) is 29.6 Å². The van der Waals surface area contributed by atoms with Crippen molar-refractivity contribution >= 4 is 22.9 Å². The number of halogens is 2. The molecule has 1 unspecified atom stereocenters. The Morgan fingerprint density at radius 2 is 2.16 bits per heavy atom. The number of thiophene rings is 1. The van der Waals surface area contributed by atoms with E-state index >= 15 is 0 Å². The first-order chi connectivity index (χ1) is 9.11. The van der Waals surface area contributed by atoms with E-state index in [1.54, 1.807) is 17.4 Å². The fraction of sp³-hybridized carbons (Fsp3) is 0.333. The number of hydrogen-bond acceptors (Lipinski definition) is 2. The van der Waals surface area contributed by atoms with Crippen molar-refractivity contribution in [3.05, 3.63) is 56.5 Å². The third-order valence-electron chi connectivity index (χ3n) is 3.14. The number of likely N-dealkylation sites (N-methyl/N-ethyl adjacent to an activating group) is 1. The van der Waals surface area contributed by atoms with E-state index in [1.807, 2.05) is 24.4 Å². The molecule has 0 aliphatic heterocycles. The molecule has 1 aromatic heterocycles. The third-order valence-corrected chi connectivity index (χ3v) is 4.61. The fourth-order valence-electron chi connectivity index (χ4n) is 2.17. The van der Waals surface area contributed by atoms with Gasteiger partial charge in [0.2, 0.25) is 0 Å². The van der Waals surface area contributed by atoms with Crippen LogP contribution >= 0.6 is 22.9 Å². The van der Waals surface area contributed by atoms with E-state index in [4.69, 9.17) is 11.6 Å². The zero-order valence-electron chi connectivity index (χ0n) is 11.0. The van der Waals surface area contributed by atoms with E-state index in [2.05, 4.69) is 12.2 Å². The summed E-state index contributed by atoms with van der Waals surface area (Å²) in [5.41, 5.74) is 2.13. The van der Waals surface area contributed by atoms with Crippen LogP contribution < -0.4 is 5.32 Å². The average Bonchev–Trinajstić information content (AvgIpc) is 2.78. The largest absolute Gasteiger partial charge is 0.309 e. The molecule has 0 spiro atoms. The molecule has 19 heavy (non-hydrogen) atoms. The van der Waals surface area contributed by atoms with Gasteiger partial charge in [0.1, 0.15) is 5.82 Å². The highest BCUT2D eigenvalue weighted by molar-refractivity contribution is 7.10. The van der Waals surface area contributed by atoms with Gasteiger partial charge in [-0.1, -0.05) is 24.6 Å². The molecule has 0 aliphatic rings. The van der Waals surface area contributed by atoms with Crippen LogP contribution in [0.1, 0.15) is 29.0 Å². The molecule has 1 aromatic carbocycles. The van der Waals surface area contributed by atoms with Crippen LogP contribution in [0, 0.1) is 12.7 Å². The predicted molar refractivity (Wildman–Crippen MR) is 80.6 cm³/mol. The third kappa shape index (κ3) is 3.56. The first-order valence-corrected chi connectivity index (χ1v) is 7.59. The van der Waals surface area contributed by atoms with Crippen LogP contribution in [-0.4, -0.2) is 6.54 Å². The number of rotatable bonds is 5. The lowest BCUT2D eigenvalue weighted by Gasteiger charge is -2.18. The lowest BCUT2D eigenvalue weighted by molar-refractivity contribution is 0.555. The second-order valence-electron chi connectivity index (χ2n) is 4.52. The number of nitrogens with one attached hydrogen (secondary N) is 1. The van der Waals surface area contributed by atoms with E-state index in [-0.39, 0.29) is 11.9 Å². The smallest absolute Gasteiger partial charge is 0.123 e. The summed E-state index contributed by atoms with van der Waals surface area (Å²) >= 11 is 7.87. The maximum absolute atomic E-state index is 13.1. The van der Waals surface area contributed by atoms with E-state index < -0.39 is 0 Å². The Morgan fingerprint density at radius 3 is 2.74 bits per heavy atom. The molecule has 2 rings (SSSR count). The summed E-state index contributed by atoms with van der Waals surface area (Å²) in [5, 5.41) is 6.25. The summed E-state index contributed by atoms with van der Waals surface area (Å²) in [6.45, 7) is 4.89. The minimum Gasteiger partial charge on any atom is -0.309 e. The summed E-state index contributed by atoms with van der Waals surface area (Å²) in [6, 6.07) is 7.05. The second kappa shape index (κ2) is 6.51. The van der Waals surface area contributed by atoms with E-state index in [1.165, 1.54) is 6.07 Å². The predicted octanol–water partition coefficient (Wildman–Crippen LogP) is 4.74. The van der Waals surface area contributed by atoms with Crippen LogP contribution in [0.2, 0.25) is 5.02 Å². The van der Waals surface area contributed by atoms with Gasteiger partial charge in [0.25, 0.3) is 0 Å². The number of hydrogen-bond donors (Lipinski definition) is 1. The first-order valence-electron chi connectivity index (χ1n) is 6.33. The van der Waals surface area contributed by atoms with Gasteiger partial charge in [0, 0.05) is 10.9 Å². The van der Waals surface area contributed by atoms with Crippen LogP contribution in [0.5, 0.6) is 0 Å². The quantitative estimate of drug-likeness (QED) is 0.840. The monoisotopic (exact) mass is 297 g/mol. The van der Waals surface area contributed by atoms with Gasteiger partial charge in [-0.25, -0.2) is 4.39 Å². The number of benzene rings is 1. The molecule has 1 heterocycles. The number of aryl methyl sites for hydroxylation is 1. The zero-order chi connectivity index (χ0) is 13.8. The normalized spacial score (nSPS) is 12.6. The lowest BCUT2D eigenvalue weighted by atomic mass is 10.00. The molecule has 1 N–H and O–H groups in total. The Morgan fingerprint density at radius 1 is 1.37 bits per heavy atom. The zero-order valence-corrected chi connectivity index (χ0v) is 12.6. The molecule has 4 heteroatoms. The molecule has 0 saturated heterocycles. The van der Waals surface area contributed by atoms with Crippen LogP contribution in [0.4, 0.5) is 4.39 Å². The first kappa shape index (κ1) is 14.5. The van der Waals surface area contributed by atoms with Gasteiger partial charge in [0.05, 0.1) is 5.02 Å². The summed E-state index contributed by atoms with van der Waals surface area (Å²) < 4.78 is 13.1. The van der Waals surface area contributed by atoms with Crippen molar-refractivity contribution in [3.63, 3.8) is 0 Å². The molecule has 1 nitrogen and oxygen atoms in total. The maximum atomic E-state index is 13.1. The van der Waals surface area contributed by atoms with Crippen molar-refractivity contribution in [3.8, 4) is 0 Å². The molecule has 0 saturated carbocycles. The highest BCUT2D eigenvalue weighted by atomic mass is 35.5. The second-order valence-corrected chi connectivity index (χ2v) is 5.87. The summed E-state index contributed by atoms with van der Waals surface area (Å²) in [6.07, 6.45) is 0.820.